The molecule has 0 aromatic carbocycles. The van der Waals surface area contributed by atoms with Gasteiger partial charge in [0, 0.05) is 11.4 Å². The van der Waals surface area contributed by atoms with Crippen LogP contribution < -0.4 is 4.72 Å². The highest BCUT2D eigenvalue weighted by atomic mass is 32.2. The maximum absolute atomic E-state index is 12.3. The number of aryl methyl sites for hydroxylation is 3. The summed E-state index contributed by atoms with van der Waals surface area (Å²) < 4.78 is 27.2. The first kappa shape index (κ1) is 14.2. The van der Waals surface area contributed by atoms with Crippen LogP contribution in [0.1, 0.15) is 28.8 Å². The van der Waals surface area contributed by atoms with Gasteiger partial charge in [0.2, 0.25) is 10.0 Å². The monoisotopic (exact) mass is 299 g/mol. The molecular weight excluding hydrogens is 282 g/mol. The van der Waals surface area contributed by atoms with E-state index in [-0.39, 0.29) is 4.90 Å². The Morgan fingerprint density at radius 3 is 2.74 bits per heavy atom. The van der Waals surface area contributed by atoms with Crippen LogP contribution in [-0.2, 0) is 23.0 Å². The summed E-state index contributed by atoms with van der Waals surface area (Å²) in [6.07, 6.45) is 0.907. The molecule has 0 aliphatic carbocycles. The molecule has 2 N–H and O–H groups in total. The Hall–Kier alpha value is -1.18. The highest BCUT2D eigenvalue weighted by molar-refractivity contribution is 7.89. The lowest BCUT2D eigenvalue weighted by Crippen LogP contribution is -2.24. The number of hydrogen-bond acceptors (Lipinski definition) is 4. The van der Waals surface area contributed by atoms with E-state index in [1.165, 1.54) is 5.56 Å². The zero-order chi connectivity index (χ0) is 14.0. The predicted octanol–water partition coefficient (Wildman–Crippen LogP) is 2.13. The van der Waals surface area contributed by atoms with Gasteiger partial charge in [-0.2, -0.15) is 5.10 Å². The predicted molar refractivity (Wildman–Crippen MR) is 75.8 cm³/mol. The van der Waals surface area contributed by atoms with Crippen LogP contribution in [0.2, 0.25) is 0 Å². The van der Waals surface area contributed by atoms with Crippen molar-refractivity contribution in [2.75, 3.05) is 0 Å². The molecule has 0 amide bonds. The van der Waals surface area contributed by atoms with E-state index in [4.69, 9.17) is 0 Å². The van der Waals surface area contributed by atoms with Crippen LogP contribution in [0.25, 0.3) is 0 Å². The Balaban J connectivity index is 2.19. The SMILES string of the molecule is CCc1ccsc1CNS(=O)(=O)c1c(C)n[nH]c1C. The van der Waals surface area contributed by atoms with Crippen LogP contribution >= 0.6 is 11.3 Å². The smallest absolute Gasteiger partial charge is 0.244 e. The van der Waals surface area contributed by atoms with Gasteiger partial charge in [0.1, 0.15) is 4.90 Å². The molecule has 19 heavy (non-hydrogen) atoms. The van der Waals surface area contributed by atoms with Crippen LogP contribution in [-0.4, -0.2) is 18.6 Å². The molecule has 2 aromatic heterocycles. The summed E-state index contributed by atoms with van der Waals surface area (Å²) in [6.45, 7) is 5.77. The normalized spacial score (nSPS) is 11.9. The molecule has 0 bridgehead atoms. The number of nitrogens with one attached hydrogen (secondary N) is 2. The molecule has 0 fully saturated rings. The molecular formula is C12H17N3O2S2. The van der Waals surface area contributed by atoms with E-state index in [9.17, 15) is 8.42 Å². The van der Waals surface area contributed by atoms with Crippen molar-refractivity contribution in [3.8, 4) is 0 Å². The number of hydrogen-bond donors (Lipinski definition) is 2. The lowest BCUT2D eigenvalue weighted by atomic mass is 10.2. The summed E-state index contributed by atoms with van der Waals surface area (Å²) in [5.41, 5.74) is 2.24. The molecule has 2 heterocycles. The first-order chi connectivity index (χ1) is 8.95. The van der Waals surface area contributed by atoms with E-state index in [0.717, 1.165) is 11.3 Å². The fourth-order valence-electron chi connectivity index (χ4n) is 2.01. The Labute approximate surface area is 117 Å². The minimum Gasteiger partial charge on any atom is -0.281 e. The zero-order valence-electron chi connectivity index (χ0n) is 11.1. The number of H-pyrrole nitrogens is 1. The molecule has 0 radical (unpaired) electrons. The molecule has 0 spiro atoms. The quantitative estimate of drug-likeness (QED) is 0.888. The minimum absolute atomic E-state index is 0.252. The molecule has 0 aliphatic heterocycles. The van der Waals surface area contributed by atoms with Gasteiger partial charge in [0.15, 0.2) is 0 Å². The van der Waals surface area contributed by atoms with Gasteiger partial charge in [-0.25, -0.2) is 13.1 Å². The fraction of sp³-hybridized carbons (Fsp3) is 0.417. The van der Waals surface area contributed by atoms with Crippen molar-refractivity contribution in [1.82, 2.24) is 14.9 Å². The number of sulfonamides is 1. The van der Waals surface area contributed by atoms with E-state index < -0.39 is 10.0 Å². The van der Waals surface area contributed by atoms with Crippen molar-refractivity contribution in [3.05, 3.63) is 33.3 Å². The first-order valence-electron chi connectivity index (χ1n) is 6.02. The summed E-state index contributed by atoms with van der Waals surface area (Å²) in [6, 6.07) is 2.03. The second kappa shape index (κ2) is 5.44. The van der Waals surface area contributed by atoms with Crippen LogP contribution in [0.15, 0.2) is 16.3 Å². The van der Waals surface area contributed by atoms with E-state index in [2.05, 4.69) is 21.8 Å². The van der Waals surface area contributed by atoms with Crippen molar-refractivity contribution in [2.24, 2.45) is 0 Å². The third-order valence-electron chi connectivity index (χ3n) is 2.97. The molecule has 2 rings (SSSR count). The van der Waals surface area contributed by atoms with Gasteiger partial charge in [-0.15, -0.1) is 11.3 Å². The van der Waals surface area contributed by atoms with Crippen LogP contribution in [0, 0.1) is 13.8 Å². The Morgan fingerprint density at radius 1 is 1.42 bits per heavy atom. The summed E-state index contributed by atoms with van der Waals surface area (Å²) in [5.74, 6) is 0. The highest BCUT2D eigenvalue weighted by Crippen LogP contribution is 2.20. The second-order valence-electron chi connectivity index (χ2n) is 4.31. The fourth-order valence-corrected chi connectivity index (χ4v) is 4.38. The largest absolute Gasteiger partial charge is 0.281 e. The van der Waals surface area contributed by atoms with Crippen LogP contribution in [0.4, 0.5) is 0 Å². The van der Waals surface area contributed by atoms with Gasteiger partial charge in [-0.3, -0.25) is 5.10 Å². The van der Waals surface area contributed by atoms with E-state index in [1.807, 2.05) is 11.4 Å². The standard InChI is InChI=1S/C12H17N3O2S2/c1-4-10-5-6-18-11(10)7-13-19(16,17)12-8(2)14-15-9(12)3/h5-6,13H,4,7H2,1-3H3,(H,14,15). The zero-order valence-corrected chi connectivity index (χ0v) is 12.8. The Morgan fingerprint density at radius 2 is 2.16 bits per heavy atom. The van der Waals surface area contributed by atoms with Crippen LogP contribution in [0.5, 0.6) is 0 Å². The maximum atomic E-state index is 12.3. The van der Waals surface area contributed by atoms with Crippen molar-refractivity contribution < 1.29 is 8.42 Å². The van der Waals surface area contributed by atoms with E-state index in [1.54, 1.807) is 25.2 Å². The van der Waals surface area contributed by atoms with Crippen molar-refractivity contribution in [1.29, 1.82) is 0 Å². The molecule has 2 aromatic rings. The van der Waals surface area contributed by atoms with Crippen molar-refractivity contribution in [3.63, 3.8) is 0 Å². The number of nitrogens with zero attached hydrogens (tertiary/aromatic N) is 1. The van der Waals surface area contributed by atoms with Gasteiger partial charge in [-0.05, 0) is 37.3 Å². The van der Waals surface area contributed by atoms with Gasteiger partial charge in [-0.1, -0.05) is 6.92 Å². The van der Waals surface area contributed by atoms with Gasteiger partial charge in [0.05, 0.1) is 11.4 Å². The van der Waals surface area contributed by atoms with Crippen LogP contribution in [0.3, 0.4) is 0 Å². The highest BCUT2D eigenvalue weighted by Gasteiger charge is 2.22. The Bertz CT molecular complexity index is 651. The molecule has 7 heteroatoms. The minimum atomic E-state index is -3.52. The molecule has 0 saturated carbocycles. The summed E-state index contributed by atoms with van der Waals surface area (Å²) in [7, 11) is -3.52. The van der Waals surface area contributed by atoms with Gasteiger partial charge < -0.3 is 0 Å². The van der Waals surface area contributed by atoms with Crippen molar-refractivity contribution in [2.45, 2.75) is 38.6 Å². The number of thiophene rings is 1. The number of rotatable bonds is 5. The molecule has 0 aliphatic rings. The third kappa shape index (κ3) is 2.88. The summed E-state index contributed by atoms with van der Waals surface area (Å²) in [5, 5.41) is 8.59. The average molecular weight is 299 g/mol. The summed E-state index contributed by atoms with van der Waals surface area (Å²) >= 11 is 1.57. The lowest BCUT2D eigenvalue weighted by Gasteiger charge is -2.07. The Kier molecular flexibility index (Phi) is 4.07. The summed E-state index contributed by atoms with van der Waals surface area (Å²) in [4.78, 5) is 1.31. The van der Waals surface area contributed by atoms with Gasteiger partial charge >= 0.3 is 0 Å². The van der Waals surface area contributed by atoms with Crippen molar-refractivity contribution >= 4 is 21.4 Å². The molecule has 0 saturated heterocycles. The molecule has 0 atom stereocenters. The van der Waals surface area contributed by atoms with E-state index in [0.29, 0.717) is 17.9 Å². The average Bonchev–Trinajstić information content (AvgIpc) is 2.93. The van der Waals surface area contributed by atoms with E-state index >= 15 is 0 Å². The molecule has 5 nitrogen and oxygen atoms in total. The first-order valence-corrected chi connectivity index (χ1v) is 8.38. The molecule has 104 valence electrons. The third-order valence-corrected chi connectivity index (χ3v) is 5.60. The topological polar surface area (TPSA) is 74.8 Å². The lowest BCUT2D eigenvalue weighted by molar-refractivity contribution is 0.580. The van der Waals surface area contributed by atoms with Gasteiger partial charge in [0.25, 0.3) is 0 Å². The maximum Gasteiger partial charge on any atom is 0.244 e. The molecule has 0 unspecified atom stereocenters. The number of aromatic amines is 1. The number of aromatic nitrogens is 2. The second-order valence-corrected chi connectivity index (χ2v) is 7.01.